The normalized spacial score (nSPS) is 20.4. The van der Waals surface area contributed by atoms with Gasteiger partial charge in [0.25, 0.3) is 0 Å². The van der Waals surface area contributed by atoms with E-state index in [1.165, 1.54) is 0 Å². The van der Waals surface area contributed by atoms with Gasteiger partial charge in [-0.3, -0.25) is 0 Å². The second-order valence-corrected chi connectivity index (χ2v) is 12.4. The fraction of sp³-hybridized carbons (Fsp3) is 0.227. The summed E-state index contributed by atoms with van der Waals surface area (Å²) in [6.45, 7) is 1.77. The summed E-state index contributed by atoms with van der Waals surface area (Å²) in [4.78, 5) is 0. The summed E-state index contributed by atoms with van der Waals surface area (Å²) in [5, 5.41) is 2.06. The minimum atomic E-state index is -0.827. The smallest absolute Gasteiger partial charge is 0.229 e. The first-order valence-corrected chi connectivity index (χ1v) is 17.2. The second kappa shape index (κ2) is 17.2. The maximum absolute atomic E-state index is 6.88. The largest absolute Gasteiger partial charge is 0.461 e. The summed E-state index contributed by atoms with van der Waals surface area (Å²) < 4.78 is 40.4. The average molecular weight is 667 g/mol. The monoisotopic (exact) mass is 666 g/mol. The van der Waals surface area contributed by atoms with Gasteiger partial charge in [0.15, 0.2) is 0 Å². The van der Waals surface area contributed by atoms with Gasteiger partial charge >= 0.3 is 0 Å². The highest BCUT2D eigenvalue weighted by atomic mass is 16.7. The first kappa shape index (κ1) is 33.7. The fourth-order valence-electron chi connectivity index (χ4n) is 6.27. The molecule has 1 saturated heterocycles. The van der Waals surface area contributed by atoms with Crippen molar-refractivity contribution in [2.45, 2.75) is 57.1 Å². The summed E-state index contributed by atoms with van der Waals surface area (Å²) in [5.41, 5.74) is 4.21. The van der Waals surface area contributed by atoms with Crippen LogP contribution in [0, 0.1) is 0 Å². The van der Waals surface area contributed by atoms with Crippen molar-refractivity contribution in [2.24, 2.45) is 0 Å². The summed E-state index contributed by atoms with van der Waals surface area (Å²) in [6, 6.07) is 54.8. The van der Waals surface area contributed by atoms with E-state index < -0.39 is 30.7 Å². The van der Waals surface area contributed by atoms with Gasteiger partial charge in [0.1, 0.15) is 30.2 Å². The highest BCUT2D eigenvalue weighted by Crippen LogP contribution is 2.34. The van der Waals surface area contributed by atoms with Crippen LogP contribution in [-0.2, 0) is 50.1 Å². The summed E-state index contributed by atoms with van der Waals surface area (Å²) >= 11 is 0. The molecule has 0 bridgehead atoms. The minimum Gasteiger partial charge on any atom is -0.461 e. The highest BCUT2D eigenvalue weighted by molar-refractivity contribution is 5.88. The number of hydrogen-bond donors (Lipinski definition) is 0. The van der Waals surface area contributed by atoms with E-state index in [1.54, 1.807) is 0 Å². The fourth-order valence-corrected chi connectivity index (χ4v) is 6.27. The summed E-state index contributed by atoms with van der Waals surface area (Å²) in [7, 11) is 0. The summed E-state index contributed by atoms with van der Waals surface area (Å²) in [6.07, 6.45) is -3.11. The first-order valence-electron chi connectivity index (χ1n) is 17.2. The molecule has 1 aliphatic rings. The van der Waals surface area contributed by atoms with Crippen molar-refractivity contribution in [3.8, 4) is 5.75 Å². The van der Waals surface area contributed by atoms with E-state index in [9.17, 15) is 0 Å². The van der Waals surface area contributed by atoms with Gasteiger partial charge < -0.3 is 28.4 Å². The van der Waals surface area contributed by atoms with Crippen LogP contribution in [0.1, 0.15) is 22.3 Å². The number of benzene rings is 6. The lowest BCUT2D eigenvalue weighted by atomic mass is 9.97. The van der Waals surface area contributed by atoms with Gasteiger partial charge in [0, 0.05) is 5.39 Å². The van der Waals surface area contributed by atoms with Crippen LogP contribution in [0.3, 0.4) is 0 Å². The quantitative estimate of drug-likeness (QED) is 0.109. The van der Waals surface area contributed by atoms with Crippen LogP contribution in [0.2, 0.25) is 0 Å². The Balaban J connectivity index is 1.24. The molecule has 0 N–H and O–H groups in total. The lowest BCUT2D eigenvalue weighted by Gasteiger charge is -2.45. The molecular formula is C44H42O6. The Bertz CT molecular complexity index is 1860. The van der Waals surface area contributed by atoms with Gasteiger partial charge in [-0.2, -0.15) is 0 Å². The molecular weight excluding hydrogens is 624 g/mol. The zero-order chi connectivity index (χ0) is 33.8. The van der Waals surface area contributed by atoms with Crippen molar-refractivity contribution in [3.05, 3.63) is 186 Å². The molecule has 254 valence electrons. The molecule has 0 spiro atoms. The molecule has 6 heteroatoms. The van der Waals surface area contributed by atoms with Crippen molar-refractivity contribution in [3.63, 3.8) is 0 Å². The van der Waals surface area contributed by atoms with Crippen molar-refractivity contribution >= 4 is 10.8 Å². The topological polar surface area (TPSA) is 55.4 Å². The van der Waals surface area contributed by atoms with Crippen LogP contribution in [0.25, 0.3) is 10.8 Å². The molecule has 6 aromatic carbocycles. The third kappa shape index (κ3) is 8.85. The Morgan fingerprint density at radius 1 is 0.420 bits per heavy atom. The molecule has 0 amide bonds. The van der Waals surface area contributed by atoms with Crippen molar-refractivity contribution in [1.82, 2.24) is 0 Å². The van der Waals surface area contributed by atoms with E-state index in [1.807, 2.05) is 109 Å². The van der Waals surface area contributed by atoms with Crippen LogP contribution in [0.4, 0.5) is 0 Å². The number of fused-ring (bicyclic) bond motifs is 1. The molecule has 6 aromatic rings. The van der Waals surface area contributed by atoms with E-state index >= 15 is 0 Å². The molecule has 5 atom stereocenters. The van der Waals surface area contributed by atoms with Crippen LogP contribution in [0.5, 0.6) is 5.75 Å². The Hall–Kier alpha value is -4.82. The molecule has 0 radical (unpaired) electrons. The molecule has 0 unspecified atom stereocenters. The predicted molar refractivity (Wildman–Crippen MR) is 194 cm³/mol. The lowest BCUT2D eigenvalue weighted by Crippen LogP contribution is -2.62. The maximum Gasteiger partial charge on any atom is 0.229 e. The third-order valence-electron chi connectivity index (χ3n) is 8.83. The molecule has 0 saturated carbocycles. The Morgan fingerprint density at radius 3 is 1.46 bits per heavy atom. The van der Waals surface area contributed by atoms with E-state index in [-0.39, 0.29) is 6.61 Å². The average Bonchev–Trinajstić information content (AvgIpc) is 3.18. The van der Waals surface area contributed by atoms with Crippen molar-refractivity contribution in [2.75, 3.05) is 6.61 Å². The Kier molecular flexibility index (Phi) is 11.6. The van der Waals surface area contributed by atoms with Gasteiger partial charge in [-0.15, -0.1) is 0 Å². The van der Waals surface area contributed by atoms with Crippen LogP contribution >= 0.6 is 0 Å². The maximum atomic E-state index is 6.88. The SMILES string of the molecule is c1ccc(COC[C@H]2O[C@@H](Oc3cccc4ccccc34)[C@H](OCc3ccccc3)[C@@H](OCc3ccccc3)[C@H]2OCc2ccccc2)cc1. The van der Waals surface area contributed by atoms with Crippen LogP contribution in [0.15, 0.2) is 164 Å². The molecule has 6 nitrogen and oxygen atoms in total. The van der Waals surface area contributed by atoms with Gasteiger partial charge in [-0.25, -0.2) is 0 Å². The van der Waals surface area contributed by atoms with E-state index in [4.69, 9.17) is 28.4 Å². The number of rotatable bonds is 15. The Labute approximate surface area is 294 Å². The molecule has 1 heterocycles. The Morgan fingerprint density at radius 2 is 0.880 bits per heavy atom. The first-order chi connectivity index (χ1) is 24.8. The highest BCUT2D eigenvalue weighted by Gasteiger charge is 2.50. The molecule has 1 aliphatic heterocycles. The van der Waals surface area contributed by atoms with Gasteiger partial charge in [0.2, 0.25) is 6.29 Å². The van der Waals surface area contributed by atoms with E-state index in [0.717, 1.165) is 33.0 Å². The van der Waals surface area contributed by atoms with Gasteiger partial charge in [-0.05, 0) is 33.7 Å². The van der Waals surface area contributed by atoms with E-state index in [2.05, 4.69) is 54.6 Å². The van der Waals surface area contributed by atoms with E-state index in [0.29, 0.717) is 32.2 Å². The second-order valence-electron chi connectivity index (χ2n) is 12.4. The molecule has 0 aromatic heterocycles. The van der Waals surface area contributed by atoms with Crippen molar-refractivity contribution < 1.29 is 28.4 Å². The van der Waals surface area contributed by atoms with Crippen molar-refractivity contribution in [1.29, 1.82) is 0 Å². The molecule has 7 rings (SSSR count). The third-order valence-corrected chi connectivity index (χ3v) is 8.83. The lowest BCUT2D eigenvalue weighted by molar-refractivity contribution is -0.309. The van der Waals surface area contributed by atoms with Crippen LogP contribution in [-0.4, -0.2) is 37.3 Å². The predicted octanol–water partition coefficient (Wildman–Crippen LogP) is 8.92. The zero-order valence-electron chi connectivity index (χ0n) is 28.0. The zero-order valence-corrected chi connectivity index (χ0v) is 28.0. The molecule has 50 heavy (non-hydrogen) atoms. The van der Waals surface area contributed by atoms with Gasteiger partial charge in [-0.1, -0.05) is 158 Å². The number of ether oxygens (including phenoxy) is 6. The standard InChI is InChI=1S/C44H42O6/c1-5-16-33(17-6-1)28-45-32-40-41(46-29-34-18-7-2-8-19-34)42(47-30-35-20-9-3-10-21-35)43(48-31-36-22-11-4-12-23-36)44(50-40)49-39-27-15-25-37-24-13-14-26-38(37)39/h1-27,40-44H,28-32H2/t40-,41+,42+,43-,44-/m1/s1. The molecule has 1 fully saturated rings. The number of hydrogen-bond acceptors (Lipinski definition) is 6. The van der Waals surface area contributed by atoms with Crippen LogP contribution < -0.4 is 4.74 Å². The summed E-state index contributed by atoms with van der Waals surface area (Å²) in [5.74, 6) is 0.704. The van der Waals surface area contributed by atoms with Gasteiger partial charge in [0.05, 0.1) is 33.0 Å². The minimum absolute atomic E-state index is 0.264. The molecule has 0 aliphatic carbocycles.